The van der Waals surface area contributed by atoms with E-state index in [0.29, 0.717) is 11.3 Å². The second kappa shape index (κ2) is 9.25. The van der Waals surface area contributed by atoms with Gasteiger partial charge in [0.25, 0.3) is 0 Å². The van der Waals surface area contributed by atoms with Gasteiger partial charge in [-0.05, 0) is 53.4 Å². The van der Waals surface area contributed by atoms with Crippen molar-refractivity contribution in [1.29, 1.82) is 5.26 Å². The molecule has 0 saturated heterocycles. The van der Waals surface area contributed by atoms with E-state index < -0.39 is 6.04 Å². The van der Waals surface area contributed by atoms with Crippen LogP contribution in [0.2, 0.25) is 0 Å². The van der Waals surface area contributed by atoms with Crippen molar-refractivity contribution < 1.29 is 14.3 Å². The number of esters is 1. The van der Waals surface area contributed by atoms with Crippen molar-refractivity contribution in [2.24, 2.45) is 0 Å². The van der Waals surface area contributed by atoms with Crippen molar-refractivity contribution >= 4 is 28.6 Å². The molecule has 124 valence electrons. The molecule has 0 fully saturated rings. The topological polar surface area (TPSA) is 71.3 Å². The number of benzene rings is 2. The average Bonchev–Trinajstić information content (AvgIpc) is 2.62. The molecule has 2 rings (SSSR count). The molecular formula is C18H17IN2O3. The zero-order valence-corrected chi connectivity index (χ0v) is 15.3. The van der Waals surface area contributed by atoms with Gasteiger partial charge in [-0.25, -0.2) is 0 Å². The molecule has 0 aliphatic carbocycles. The number of carbonyl (C=O) groups is 1. The number of nitrogens with zero attached hydrogens (tertiary/aromatic N) is 1. The lowest BCUT2D eigenvalue weighted by Crippen LogP contribution is -2.40. The van der Waals surface area contributed by atoms with Gasteiger partial charge in [0.2, 0.25) is 0 Å². The lowest BCUT2D eigenvalue weighted by atomic mass is 10.2. The third-order valence-corrected chi connectivity index (χ3v) is 4.21. The highest BCUT2D eigenvalue weighted by atomic mass is 127. The number of nitriles is 1. The van der Waals surface area contributed by atoms with Gasteiger partial charge in [0.05, 0.1) is 15.2 Å². The maximum absolute atomic E-state index is 12.2. The molecule has 0 spiro atoms. The van der Waals surface area contributed by atoms with E-state index >= 15 is 0 Å². The van der Waals surface area contributed by atoms with Crippen LogP contribution in [0.5, 0.6) is 5.75 Å². The van der Waals surface area contributed by atoms with Crippen molar-refractivity contribution in [3.63, 3.8) is 0 Å². The zero-order chi connectivity index (χ0) is 17.4. The van der Waals surface area contributed by atoms with E-state index in [4.69, 9.17) is 14.7 Å². The van der Waals surface area contributed by atoms with Crippen LogP contribution in [0.25, 0.3) is 0 Å². The quantitative estimate of drug-likeness (QED) is 0.534. The molecule has 0 radical (unpaired) electrons. The summed E-state index contributed by atoms with van der Waals surface area (Å²) in [5.41, 5.74) is 1.44. The number of likely N-dealkylation sites (N-methyl/N-ethyl adjacent to an activating group) is 1. The molecule has 1 N–H and O–H groups in total. The fraction of sp³-hybridized carbons (Fsp3) is 0.222. The van der Waals surface area contributed by atoms with Crippen LogP contribution in [0.1, 0.15) is 11.1 Å². The van der Waals surface area contributed by atoms with Crippen molar-refractivity contribution in [3.8, 4) is 11.8 Å². The maximum atomic E-state index is 12.2. The number of halogens is 1. The number of rotatable bonds is 7. The maximum Gasteiger partial charge on any atom is 0.327 e. The SMILES string of the molecule is CN[C@H](COc1cc(C#N)ccc1I)C(=O)OCc1ccccc1. The normalized spacial score (nSPS) is 11.4. The molecule has 0 aromatic heterocycles. The predicted octanol–water partition coefficient (Wildman–Crippen LogP) is 2.87. The highest BCUT2D eigenvalue weighted by molar-refractivity contribution is 14.1. The Morgan fingerprint density at radius 3 is 2.71 bits per heavy atom. The van der Waals surface area contributed by atoms with Gasteiger partial charge in [-0.15, -0.1) is 0 Å². The molecule has 6 heteroatoms. The number of carbonyl (C=O) groups excluding carboxylic acids is 1. The van der Waals surface area contributed by atoms with Crippen LogP contribution >= 0.6 is 22.6 Å². The van der Waals surface area contributed by atoms with Crippen molar-refractivity contribution in [2.45, 2.75) is 12.6 Å². The molecule has 24 heavy (non-hydrogen) atoms. The van der Waals surface area contributed by atoms with E-state index in [9.17, 15) is 4.79 Å². The van der Waals surface area contributed by atoms with Crippen LogP contribution in [-0.2, 0) is 16.1 Å². The summed E-state index contributed by atoms with van der Waals surface area (Å²) in [5, 5.41) is 11.8. The van der Waals surface area contributed by atoms with E-state index in [1.54, 1.807) is 25.2 Å². The first-order valence-corrected chi connectivity index (χ1v) is 8.42. The van der Waals surface area contributed by atoms with E-state index in [0.717, 1.165) is 9.13 Å². The van der Waals surface area contributed by atoms with Gasteiger partial charge in [-0.1, -0.05) is 30.3 Å². The highest BCUT2D eigenvalue weighted by Gasteiger charge is 2.19. The first kappa shape index (κ1) is 18.2. The fourth-order valence-electron chi connectivity index (χ4n) is 1.96. The Labute approximate surface area is 154 Å². The van der Waals surface area contributed by atoms with E-state index in [1.165, 1.54) is 0 Å². The second-order valence-electron chi connectivity index (χ2n) is 5.00. The first-order valence-electron chi connectivity index (χ1n) is 7.34. The standard InChI is InChI=1S/C18H17IN2O3/c1-21-16(18(22)24-11-13-5-3-2-4-6-13)12-23-17-9-14(10-20)7-8-15(17)19/h2-9,16,21H,11-12H2,1H3/t16-/m1/s1. The van der Waals surface area contributed by atoms with E-state index in [2.05, 4.69) is 34.0 Å². The van der Waals surface area contributed by atoms with Crippen molar-refractivity contribution in [2.75, 3.05) is 13.7 Å². The lowest BCUT2D eigenvalue weighted by Gasteiger charge is -2.17. The summed E-state index contributed by atoms with van der Waals surface area (Å²) in [6.07, 6.45) is 0. The molecule has 0 amide bonds. The number of ether oxygens (including phenoxy) is 2. The molecule has 0 aliphatic rings. The zero-order valence-electron chi connectivity index (χ0n) is 13.2. The van der Waals surface area contributed by atoms with Crippen molar-refractivity contribution in [1.82, 2.24) is 5.32 Å². The van der Waals surface area contributed by atoms with Gasteiger partial charge in [0, 0.05) is 0 Å². The van der Waals surface area contributed by atoms with Gasteiger partial charge in [-0.2, -0.15) is 5.26 Å². The molecule has 5 nitrogen and oxygen atoms in total. The van der Waals surface area contributed by atoms with Crippen LogP contribution in [0, 0.1) is 14.9 Å². The Bertz CT molecular complexity index is 729. The third-order valence-electron chi connectivity index (χ3n) is 3.32. The molecule has 0 bridgehead atoms. The molecule has 0 unspecified atom stereocenters. The molecule has 0 heterocycles. The van der Waals surface area contributed by atoms with Gasteiger partial charge in [0.1, 0.15) is 25.0 Å². The summed E-state index contributed by atoms with van der Waals surface area (Å²) in [6.45, 7) is 0.342. The minimum absolute atomic E-state index is 0.120. The molecule has 1 atom stereocenters. The second-order valence-corrected chi connectivity index (χ2v) is 6.16. The number of nitrogens with one attached hydrogen (secondary N) is 1. The molecule has 0 aliphatic heterocycles. The van der Waals surface area contributed by atoms with Crippen LogP contribution in [0.4, 0.5) is 0 Å². The molecule has 0 saturated carbocycles. The molecule has 2 aromatic carbocycles. The Morgan fingerprint density at radius 1 is 1.29 bits per heavy atom. The van der Waals surface area contributed by atoms with Gasteiger partial charge in [-0.3, -0.25) is 4.79 Å². The minimum Gasteiger partial charge on any atom is -0.490 e. The van der Waals surface area contributed by atoms with Crippen LogP contribution in [0.3, 0.4) is 0 Å². The summed E-state index contributed by atoms with van der Waals surface area (Å²) in [4.78, 5) is 12.2. The average molecular weight is 436 g/mol. The van der Waals surface area contributed by atoms with Crippen LogP contribution < -0.4 is 10.1 Å². The summed E-state index contributed by atoms with van der Waals surface area (Å²) < 4.78 is 11.9. The molecular weight excluding hydrogens is 419 g/mol. The summed E-state index contributed by atoms with van der Waals surface area (Å²) in [7, 11) is 1.68. The minimum atomic E-state index is -0.588. The largest absolute Gasteiger partial charge is 0.490 e. The van der Waals surface area contributed by atoms with Crippen LogP contribution in [-0.4, -0.2) is 25.7 Å². The monoisotopic (exact) mass is 436 g/mol. The lowest BCUT2D eigenvalue weighted by molar-refractivity contribution is -0.148. The smallest absolute Gasteiger partial charge is 0.327 e. The summed E-state index contributed by atoms with van der Waals surface area (Å²) in [5.74, 6) is 0.193. The van der Waals surface area contributed by atoms with Crippen molar-refractivity contribution in [3.05, 3.63) is 63.2 Å². The Hall–Kier alpha value is -2.11. The number of hydrogen-bond acceptors (Lipinski definition) is 5. The fourth-order valence-corrected chi connectivity index (χ4v) is 2.45. The Kier molecular flexibility index (Phi) is 7.03. The Morgan fingerprint density at radius 2 is 2.04 bits per heavy atom. The van der Waals surface area contributed by atoms with Crippen LogP contribution in [0.15, 0.2) is 48.5 Å². The Balaban J connectivity index is 1.92. The van der Waals surface area contributed by atoms with Gasteiger partial charge >= 0.3 is 5.97 Å². The van der Waals surface area contributed by atoms with Gasteiger partial charge in [0.15, 0.2) is 0 Å². The van der Waals surface area contributed by atoms with E-state index in [-0.39, 0.29) is 19.2 Å². The molecule has 2 aromatic rings. The summed E-state index contributed by atoms with van der Waals surface area (Å²) in [6, 6.07) is 16.2. The third kappa shape index (κ3) is 5.22. The predicted molar refractivity (Wildman–Crippen MR) is 98.5 cm³/mol. The van der Waals surface area contributed by atoms with E-state index in [1.807, 2.05) is 30.3 Å². The highest BCUT2D eigenvalue weighted by Crippen LogP contribution is 2.22. The van der Waals surface area contributed by atoms with Gasteiger partial charge < -0.3 is 14.8 Å². The summed E-state index contributed by atoms with van der Waals surface area (Å²) >= 11 is 2.12. The number of hydrogen-bond donors (Lipinski definition) is 1. The first-order chi connectivity index (χ1) is 11.6.